The van der Waals surface area contributed by atoms with E-state index in [0.717, 1.165) is 0 Å². The number of carbonyl (C=O) groups is 1. The molecule has 168 valence electrons. The van der Waals surface area contributed by atoms with Gasteiger partial charge in [-0.3, -0.25) is 9.52 Å². The molecule has 0 aromatic heterocycles. The highest BCUT2D eigenvalue weighted by atomic mass is 35.5. The molecule has 1 amide bonds. The molecule has 0 aliphatic carbocycles. The molecule has 0 saturated heterocycles. The molecule has 0 fully saturated rings. The lowest BCUT2D eigenvalue weighted by Gasteiger charge is -2.12. The van der Waals surface area contributed by atoms with Crippen molar-refractivity contribution in [3.05, 3.63) is 94.3 Å². The smallest absolute Gasteiger partial charge is 0.262 e. The number of anilines is 1. The molecule has 0 spiro atoms. The first-order valence-corrected chi connectivity index (χ1v) is 12.8. The van der Waals surface area contributed by atoms with Gasteiger partial charge in [-0.15, -0.1) is 0 Å². The second-order valence-corrected chi connectivity index (χ2v) is 10.1. The van der Waals surface area contributed by atoms with Crippen LogP contribution in [0.2, 0.25) is 5.02 Å². The molecule has 0 aliphatic rings. The predicted molar refractivity (Wildman–Crippen MR) is 128 cm³/mol. The molecular weight excluding hydrogens is 471 g/mol. The Morgan fingerprint density at radius 3 is 2.53 bits per heavy atom. The second-order valence-electron chi connectivity index (χ2n) is 6.96. The molecule has 32 heavy (non-hydrogen) atoms. The SMILES string of the molecule is Cc1ccc(C(=O)NCCSCc2c(F)cccc2Cl)cc1S(=O)(=O)Nc1ccccc1. The number of rotatable bonds is 9. The number of para-hydroxylation sites is 1. The van der Waals surface area contributed by atoms with Crippen molar-refractivity contribution < 1.29 is 17.6 Å². The first kappa shape index (κ1) is 24.1. The van der Waals surface area contributed by atoms with Gasteiger partial charge < -0.3 is 5.32 Å². The number of amides is 1. The summed E-state index contributed by atoms with van der Waals surface area (Å²) in [7, 11) is -3.85. The number of halogens is 2. The van der Waals surface area contributed by atoms with E-state index in [9.17, 15) is 17.6 Å². The van der Waals surface area contributed by atoms with E-state index in [0.29, 0.717) is 39.9 Å². The largest absolute Gasteiger partial charge is 0.351 e. The fourth-order valence-electron chi connectivity index (χ4n) is 2.93. The van der Waals surface area contributed by atoms with Crippen LogP contribution in [-0.2, 0) is 15.8 Å². The molecule has 0 heterocycles. The molecule has 0 saturated carbocycles. The summed E-state index contributed by atoms with van der Waals surface area (Å²) in [5.74, 6) is 0.194. The van der Waals surface area contributed by atoms with Gasteiger partial charge in [0, 0.05) is 39.9 Å². The maximum absolute atomic E-state index is 13.8. The van der Waals surface area contributed by atoms with Crippen molar-refractivity contribution in [3.63, 3.8) is 0 Å². The van der Waals surface area contributed by atoms with Crippen molar-refractivity contribution in [2.24, 2.45) is 0 Å². The Morgan fingerprint density at radius 1 is 1.06 bits per heavy atom. The van der Waals surface area contributed by atoms with Gasteiger partial charge in [-0.25, -0.2) is 12.8 Å². The Morgan fingerprint density at radius 2 is 1.81 bits per heavy atom. The van der Waals surface area contributed by atoms with Gasteiger partial charge in [0.2, 0.25) is 0 Å². The summed E-state index contributed by atoms with van der Waals surface area (Å²) in [5.41, 5.74) is 1.65. The van der Waals surface area contributed by atoms with Crippen molar-refractivity contribution in [2.45, 2.75) is 17.6 Å². The Kier molecular flexibility index (Phi) is 8.17. The van der Waals surface area contributed by atoms with E-state index in [4.69, 9.17) is 11.6 Å². The Bertz CT molecular complexity index is 1180. The van der Waals surface area contributed by atoms with Gasteiger partial charge in [-0.1, -0.05) is 41.9 Å². The molecule has 0 aliphatic heterocycles. The highest BCUT2D eigenvalue weighted by molar-refractivity contribution is 7.98. The van der Waals surface area contributed by atoms with Gasteiger partial charge in [-0.2, -0.15) is 11.8 Å². The molecule has 9 heteroatoms. The third-order valence-electron chi connectivity index (χ3n) is 4.61. The highest BCUT2D eigenvalue weighted by Gasteiger charge is 2.19. The maximum atomic E-state index is 13.8. The van der Waals surface area contributed by atoms with E-state index in [-0.39, 0.29) is 22.2 Å². The topological polar surface area (TPSA) is 75.3 Å². The van der Waals surface area contributed by atoms with Crippen LogP contribution in [-0.4, -0.2) is 26.6 Å². The number of carbonyl (C=O) groups excluding carboxylic acids is 1. The molecule has 3 aromatic carbocycles. The molecule has 0 atom stereocenters. The van der Waals surface area contributed by atoms with Gasteiger partial charge in [-0.05, 0) is 48.9 Å². The number of benzene rings is 3. The van der Waals surface area contributed by atoms with Crippen LogP contribution in [0.4, 0.5) is 10.1 Å². The molecule has 0 radical (unpaired) electrons. The van der Waals surface area contributed by atoms with Crippen molar-refractivity contribution in [3.8, 4) is 0 Å². The fraction of sp³-hybridized carbons (Fsp3) is 0.174. The summed E-state index contributed by atoms with van der Waals surface area (Å²) in [6.45, 7) is 2.01. The molecule has 2 N–H and O–H groups in total. The quantitative estimate of drug-likeness (QED) is 0.400. The molecular formula is C23H22ClFN2O3S2. The summed E-state index contributed by atoms with van der Waals surface area (Å²) in [5, 5.41) is 3.13. The fourth-order valence-corrected chi connectivity index (χ4v) is 5.46. The van der Waals surface area contributed by atoms with Crippen molar-refractivity contribution in [2.75, 3.05) is 17.0 Å². The zero-order valence-electron chi connectivity index (χ0n) is 17.3. The normalized spacial score (nSPS) is 11.2. The summed E-state index contributed by atoms with van der Waals surface area (Å²) in [6, 6.07) is 17.6. The lowest BCUT2D eigenvalue weighted by molar-refractivity contribution is 0.0956. The number of thioether (sulfide) groups is 1. The summed E-state index contributed by atoms with van der Waals surface area (Å²) in [4.78, 5) is 12.6. The van der Waals surface area contributed by atoms with Gasteiger partial charge in [0.15, 0.2) is 0 Å². The van der Waals surface area contributed by atoms with Crippen LogP contribution in [0.3, 0.4) is 0 Å². The Balaban J connectivity index is 1.59. The minimum Gasteiger partial charge on any atom is -0.351 e. The standard InChI is InChI=1S/C23H22ClFN2O3S2/c1-16-10-11-17(14-22(16)32(29,30)27-18-6-3-2-4-7-18)23(28)26-12-13-31-15-19-20(24)8-5-9-21(19)25/h2-11,14,27H,12-13,15H2,1H3,(H,26,28). The van der Waals surface area contributed by atoms with E-state index in [1.807, 2.05) is 0 Å². The Hall–Kier alpha value is -2.55. The van der Waals surface area contributed by atoms with Gasteiger partial charge in [0.05, 0.1) is 4.90 Å². The third kappa shape index (κ3) is 6.25. The van der Waals surface area contributed by atoms with Crippen LogP contribution in [0.25, 0.3) is 0 Å². The number of hydrogen-bond acceptors (Lipinski definition) is 4. The number of nitrogens with one attached hydrogen (secondary N) is 2. The minimum atomic E-state index is -3.85. The van der Waals surface area contributed by atoms with Gasteiger partial charge in [0.1, 0.15) is 5.82 Å². The predicted octanol–water partition coefficient (Wildman–Crippen LogP) is 5.25. The van der Waals surface area contributed by atoms with Crippen LogP contribution < -0.4 is 10.0 Å². The molecule has 3 aromatic rings. The van der Waals surface area contributed by atoms with E-state index < -0.39 is 10.0 Å². The molecule has 3 rings (SSSR count). The lowest BCUT2D eigenvalue weighted by atomic mass is 10.1. The van der Waals surface area contributed by atoms with Crippen LogP contribution in [0.1, 0.15) is 21.5 Å². The van der Waals surface area contributed by atoms with E-state index in [2.05, 4.69) is 10.0 Å². The zero-order chi connectivity index (χ0) is 23.1. The second kappa shape index (κ2) is 10.8. The van der Waals surface area contributed by atoms with Crippen molar-refractivity contribution >= 4 is 45.0 Å². The van der Waals surface area contributed by atoms with Crippen LogP contribution in [0, 0.1) is 12.7 Å². The number of sulfonamides is 1. The average molecular weight is 493 g/mol. The third-order valence-corrected chi connectivity index (χ3v) is 7.47. The zero-order valence-corrected chi connectivity index (χ0v) is 19.7. The van der Waals surface area contributed by atoms with E-state index in [1.165, 1.54) is 23.9 Å². The summed E-state index contributed by atoms with van der Waals surface area (Å²) >= 11 is 7.45. The summed E-state index contributed by atoms with van der Waals surface area (Å²) in [6.07, 6.45) is 0. The Labute approximate surface area is 196 Å². The molecule has 5 nitrogen and oxygen atoms in total. The number of hydrogen-bond donors (Lipinski definition) is 2. The minimum absolute atomic E-state index is 0.0394. The highest BCUT2D eigenvalue weighted by Crippen LogP contribution is 2.24. The van der Waals surface area contributed by atoms with Crippen LogP contribution >= 0.6 is 23.4 Å². The lowest BCUT2D eigenvalue weighted by Crippen LogP contribution is -2.26. The van der Waals surface area contributed by atoms with Gasteiger partial charge >= 0.3 is 0 Å². The van der Waals surface area contributed by atoms with Crippen molar-refractivity contribution in [1.82, 2.24) is 5.32 Å². The van der Waals surface area contributed by atoms with E-state index in [1.54, 1.807) is 61.5 Å². The number of aryl methyl sites for hydroxylation is 1. The molecule has 0 unspecified atom stereocenters. The first-order chi connectivity index (χ1) is 15.3. The van der Waals surface area contributed by atoms with Crippen molar-refractivity contribution in [1.29, 1.82) is 0 Å². The van der Waals surface area contributed by atoms with E-state index >= 15 is 0 Å². The maximum Gasteiger partial charge on any atom is 0.262 e. The van der Waals surface area contributed by atoms with Gasteiger partial charge in [0.25, 0.3) is 15.9 Å². The summed E-state index contributed by atoms with van der Waals surface area (Å²) < 4.78 is 41.9. The van der Waals surface area contributed by atoms with Crippen LogP contribution in [0.5, 0.6) is 0 Å². The average Bonchev–Trinajstić information content (AvgIpc) is 2.75. The molecule has 0 bridgehead atoms. The van der Waals surface area contributed by atoms with Crippen LogP contribution in [0.15, 0.2) is 71.6 Å². The monoisotopic (exact) mass is 492 g/mol. The first-order valence-electron chi connectivity index (χ1n) is 9.75.